The topological polar surface area (TPSA) is 37.8 Å². The lowest BCUT2D eigenvalue weighted by Crippen LogP contribution is -2.17. The van der Waals surface area contributed by atoms with Gasteiger partial charge in [0.25, 0.3) is 0 Å². The Kier molecular flexibility index (Phi) is 4.16. The molecule has 0 unspecified atom stereocenters. The van der Waals surface area contributed by atoms with Crippen LogP contribution in [0, 0.1) is 5.82 Å². The summed E-state index contributed by atoms with van der Waals surface area (Å²) >= 11 is 0. The first-order chi connectivity index (χ1) is 8.36. The number of benzene rings is 1. The minimum atomic E-state index is -0.141. The van der Waals surface area contributed by atoms with Crippen molar-refractivity contribution in [2.75, 3.05) is 6.54 Å². The van der Waals surface area contributed by atoms with Gasteiger partial charge in [-0.15, -0.1) is 0 Å². The molecular weight excluding hydrogens is 217 g/mol. The molecule has 0 aliphatic carbocycles. The SMILES string of the molecule is Fc1ccccc1CCNCc1cncnc1. The molecule has 0 aliphatic heterocycles. The van der Waals surface area contributed by atoms with Crippen LogP contribution in [0.1, 0.15) is 11.1 Å². The van der Waals surface area contributed by atoms with Gasteiger partial charge in [-0.25, -0.2) is 14.4 Å². The average Bonchev–Trinajstić information content (AvgIpc) is 2.38. The van der Waals surface area contributed by atoms with Crippen LogP contribution in [0.5, 0.6) is 0 Å². The summed E-state index contributed by atoms with van der Waals surface area (Å²) in [7, 11) is 0. The van der Waals surface area contributed by atoms with Gasteiger partial charge in [-0.3, -0.25) is 0 Å². The fourth-order valence-corrected chi connectivity index (χ4v) is 1.58. The third-order valence-corrected chi connectivity index (χ3v) is 2.47. The van der Waals surface area contributed by atoms with Crippen molar-refractivity contribution in [2.45, 2.75) is 13.0 Å². The van der Waals surface area contributed by atoms with Crippen LogP contribution < -0.4 is 5.32 Å². The van der Waals surface area contributed by atoms with Crippen molar-refractivity contribution in [1.29, 1.82) is 0 Å². The smallest absolute Gasteiger partial charge is 0.126 e. The van der Waals surface area contributed by atoms with Crippen molar-refractivity contribution < 1.29 is 4.39 Å². The molecule has 2 rings (SSSR count). The summed E-state index contributed by atoms with van der Waals surface area (Å²) in [5.41, 5.74) is 1.77. The Morgan fingerprint density at radius 1 is 1.12 bits per heavy atom. The van der Waals surface area contributed by atoms with Crippen LogP contribution in [0.2, 0.25) is 0 Å². The molecule has 0 saturated heterocycles. The highest BCUT2D eigenvalue weighted by Crippen LogP contribution is 2.06. The molecule has 0 spiro atoms. The molecule has 1 aromatic carbocycles. The van der Waals surface area contributed by atoms with Crippen LogP contribution in [-0.4, -0.2) is 16.5 Å². The third kappa shape index (κ3) is 3.60. The lowest BCUT2D eigenvalue weighted by molar-refractivity contribution is 0.597. The van der Waals surface area contributed by atoms with E-state index in [0.29, 0.717) is 13.0 Å². The van der Waals surface area contributed by atoms with E-state index >= 15 is 0 Å². The van der Waals surface area contributed by atoms with E-state index in [1.165, 1.54) is 12.4 Å². The van der Waals surface area contributed by atoms with E-state index in [1.54, 1.807) is 18.5 Å². The van der Waals surface area contributed by atoms with Crippen LogP contribution in [0.4, 0.5) is 4.39 Å². The fraction of sp³-hybridized carbons (Fsp3) is 0.231. The van der Waals surface area contributed by atoms with Gasteiger partial charge in [0.2, 0.25) is 0 Å². The molecule has 1 aromatic heterocycles. The maximum atomic E-state index is 13.3. The van der Waals surface area contributed by atoms with Gasteiger partial charge in [-0.1, -0.05) is 18.2 Å². The predicted molar refractivity (Wildman–Crippen MR) is 63.8 cm³/mol. The summed E-state index contributed by atoms with van der Waals surface area (Å²) in [4.78, 5) is 7.85. The summed E-state index contributed by atoms with van der Waals surface area (Å²) in [5, 5.41) is 3.23. The Balaban J connectivity index is 1.76. The van der Waals surface area contributed by atoms with Crippen LogP contribution >= 0.6 is 0 Å². The first-order valence-corrected chi connectivity index (χ1v) is 5.54. The fourth-order valence-electron chi connectivity index (χ4n) is 1.58. The number of rotatable bonds is 5. The molecule has 0 saturated carbocycles. The van der Waals surface area contributed by atoms with Crippen molar-refractivity contribution in [1.82, 2.24) is 15.3 Å². The first kappa shape index (κ1) is 11.7. The molecule has 0 fully saturated rings. The highest BCUT2D eigenvalue weighted by Gasteiger charge is 1.99. The van der Waals surface area contributed by atoms with Gasteiger partial charge in [0.05, 0.1) is 0 Å². The minimum absolute atomic E-state index is 0.141. The predicted octanol–water partition coefficient (Wildman–Crippen LogP) is 1.95. The molecule has 3 nitrogen and oxygen atoms in total. The number of hydrogen-bond donors (Lipinski definition) is 1. The lowest BCUT2D eigenvalue weighted by Gasteiger charge is -2.05. The molecule has 0 amide bonds. The largest absolute Gasteiger partial charge is 0.312 e. The van der Waals surface area contributed by atoms with Crippen molar-refractivity contribution in [2.24, 2.45) is 0 Å². The van der Waals surface area contributed by atoms with Gasteiger partial charge in [-0.05, 0) is 24.6 Å². The zero-order valence-electron chi connectivity index (χ0n) is 9.44. The zero-order chi connectivity index (χ0) is 11.9. The molecular formula is C13H14FN3. The van der Waals surface area contributed by atoms with Gasteiger partial charge in [0, 0.05) is 24.5 Å². The van der Waals surface area contributed by atoms with Crippen molar-refractivity contribution in [3.8, 4) is 0 Å². The Hall–Kier alpha value is -1.81. The summed E-state index contributed by atoms with van der Waals surface area (Å²) in [5.74, 6) is -0.141. The maximum absolute atomic E-state index is 13.3. The Labute approximate surface area is 99.7 Å². The van der Waals surface area contributed by atoms with E-state index < -0.39 is 0 Å². The Morgan fingerprint density at radius 2 is 1.88 bits per heavy atom. The molecule has 1 heterocycles. The molecule has 0 aliphatic rings. The quantitative estimate of drug-likeness (QED) is 0.799. The summed E-state index contributed by atoms with van der Waals surface area (Å²) < 4.78 is 13.3. The summed E-state index contributed by atoms with van der Waals surface area (Å²) in [6.07, 6.45) is 5.72. The maximum Gasteiger partial charge on any atom is 0.126 e. The van der Waals surface area contributed by atoms with E-state index in [2.05, 4.69) is 15.3 Å². The van der Waals surface area contributed by atoms with Gasteiger partial charge < -0.3 is 5.32 Å². The number of halogens is 1. The van der Waals surface area contributed by atoms with Gasteiger partial charge >= 0.3 is 0 Å². The highest BCUT2D eigenvalue weighted by molar-refractivity contribution is 5.17. The van der Waals surface area contributed by atoms with Crippen LogP contribution in [0.3, 0.4) is 0 Å². The Bertz CT molecular complexity index is 459. The molecule has 0 bridgehead atoms. The molecule has 88 valence electrons. The summed E-state index contributed by atoms with van der Waals surface area (Å²) in [6, 6.07) is 6.85. The van der Waals surface area contributed by atoms with E-state index in [0.717, 1.165) is 17.7 Å². The van der Waals surface area contributed by atoms with Crippen LogP contribution in [-0.2, 0) is 13.0 Å². The van der Waals surface area contributed by atoms with Crippen LogP contribution in [0.15, 0.2) is 43.0 Å². The van der Waals surface area contributed by atoms with Gasteiger partial charge in [0.15, 0.2) is 0 Å². The minimum Gasteiger partial charge on any atom is -0.312 e. The molecule has 1 N–H and O–H groups in total. The number of hydrogen-bond acceptors (Lipinski definition) is 3. The standard InChI is InChI=1S/C13H14FN3/c14-13-4-2-1-3-12(13)5-6-15-7-11-8-16-10-17-9-11/h1-4,8-10,15H,5-7H2. The number of aromatic nitrogens is 2. The average molecular weight is 231 g/mol. The number of nitrogens with zero attached hydrogens (tertiary/aromatic N) is 2. The zero-order valence-corrected chi connectivity index (χ0v) is 9.44. The van der Waals surface area contributed by atoms with Crippen LogP contribution in [0.25, 0.3) is 0 Å². The highest BCUT2D eigenvalue weighted by atomic mass is 19.1. The molecule has 0 radical (unpaired) electrons. The van der Waals surface area contributed by atoms with E-state index in [1.807, 2.05) is 12.1 Å². The van der Waals surface area contributed by atoms with Crippen molar-refractivity contribution in [3.05, 3.63) is 59.9 Å². The van der Waals surface area contributed by atoms with E-state index in [4.69, 9.17) is 0 Å². The van der Waals surface area contributed by atoms with Gasteiger partial charge in [-0.2, -0.15) is 0 Å². The van der Waals surface area contributed by atoms with E-state index in [9.17, 15) is 4.39 Å². The van der Waals surface area contributed by atoms with Crippen molar-refractivity contribution in [3.63, 3.8) is 0 Å². The second-order valence-corrected chi connectivity index (χ2v) is 3.76. The second kappa shape index (κ2) is 6.06. The Morgan fingerprint density at radius 3 is 2.65 bits per heavy atom. The third-order valence-electron chi connectivity index (χ3n) is 2.47. The molecule has 2 aromatic rings. The molecule has 4 heteroatoms. The lowest BCUT2D eigenvalue weighted by atomic mass is 10.1. The molecule has 17 heavy (non-hydrogen) atoms. The van der Waals surface area contributed by atoms with Crippen molar-refractivity contribution >= 4 is 0 Å². The summed E-state index contributed by atoms with van der Waals surface area (Å²) in [6.45, 7) is 1.44. The first-order valence-electron chi connectivity index (χ1n) is 5.54. The second-order valence-electron chi connectivity index (χ2n) is 3.76. The normalized spacial score (nSPS) is 10.4. The van der Waals surface area contributed by atoms with Gasteiger partial charge in [0.1, 0.15) is 12.1 Å². The molecule has 0 atom stereocenters. The number of nitrogens with one attached hydrogen (secondary N) is 1. The monoisotopic (exact) mass is 231 g/mol. The van der Waals surface area contributed by atoms with E-state index in [-0.39, 0.29) is 5.82 Å².